The zero-order chi connectivity index (χ0) is 10.5. The Bertz CT molecular complexity index is 182. The minimum Gasteiger partial charge on any atom is -0.462 e. The largest absolute Gasteiger partial charge is 0.462 e. The molecular weight excluding hydrogens is 166 g/mol. The molecule has 0 heterocycles. The smallest absolute Gasteiger partial charge is 0.330 e. The second-order valence-corrected chi connectivity index (χ2v) is 4.13. The average molecular weight is 186 g/mol. The van der Waals surface area contributed by atoms with E-state index >= 15 is 0 Å². The van der Waals surface area contributed by atoms with Crippen LogP contribution in [0.15, 0.2) is 12.7 Å². The number of ether oxygens (including phenoxy) is 1. The van der Waals surface area contributed by atoms with Crippen LogP contribution in [0.5, 0.6) is 0 Å². The molecule has 0 radical (unpaired) electrons. The summed E-state index contributed by atoms with van der Waals surface area (Å²) in [4.78, 5) is 10.7. The lowest BCUT2D eigenvalue weighted by atomic mass is 10.2. The molecule has 76 valence electrons. The highest BCUT2D eigenvalue weighted by Crippen LogP contribution is 2.06. The minimum atomic E-state index is -0.339. The predicted molar refractivity (Wildman–Crippen MR) is 53.3 cm³/mol. The molecule has 0 aliphatic carbocycles. The van der Waals surface area contributed by atoms with Crippen LogP contribution in [0.25, 0.3) is 0 Å². The fraction of sp³-hybridized carbons (Fsp3) is 0.700. The minimum absolute atomic E-state index is 0.339. The molecule has 0 fully saturated rings. The van der Waals surface area contributed by atoms with Gasteiger partial charge in [-0.3, -0.25) is 0 Å². The van der Waals surface area contributed by atoms with Crippen molar-refractivity contribution in [3.63, 3.8) is 0 Å². The van der Waals surface area contributed by atoms with Gasteiger partial charge in [-0.25, -0.2) is 4.79 Å². The van der Waals surface area contributed by atoms with Crippen LogP contribution in [0, 0.1) is 0 Å². The Morgan fingerprint density at radius 1 is 1.54 bits per heavy atom. The Balaban J connectivity index is 3.65. The maximum absolute atomic E-state index is 10.7. The van der Waals surface area contributed by atoms with E-state index < -0.39 is 0 Å². The summed E-state index contributed by atoms with van der Waals surface area (Å²) in [6, 6.07) is 0.484. The van der Waals surface area contributed by atoms with Crippen molar-refractivity contribution in [2.45, 2.75) is 19.4 Å². The van der Waals surface area contributed by atoms with Crippen molar-refractivity contribution in [2.75, 3.05) is 27.7 Å². The van der Waals surface area contributed by atoms with Gasteiger partial charge in [0, 0.05) is 12.5 Å². The van der Waals surface area contributed by atoms with E-state index in [-0.39, 0.29) is 5.97 Å². The maximum atomic E-state index is 10.7. The summed E-state index contributed by atoms with van der Waals surface area (Å²) in [6.07, 6.45) is 2.07. The van der Waals surface area contributed by atoms with Crippen molar-refractivity contribution in [3.8, 4) is 0 Å². The number of quaternary nitrogens is 1. The third-order valence-electron chi connectivity index (χ3n) is 2.27. The first-order valence-corrected chi connectivity index (χ1v) is 4.48. The highest BCUT2D eigenvalue weighted by Gasteiger charge is 2.17. The molecule has 0 aromatic heterocycles. The summed E-state index contributed by atoms with van der Waals surface area (Å²) in [7, 11) is 6.37. The molecule has 0 amide bonds. The van der Waals surface area contributed by atoms with Gasteiger partial charge in [-0.15, -0.1) is 0 Å². The van der Waals surface area contributed by atoms with E-state index in [1.54, 1.807) is 0 Å². The highest BCUT2D eigenvalue weighted by molar-refractivity contribution is 5.81. The molecule has 1 atom stereocenters. The molecule has 0 rings (SSSR count). The van der Waals surface area contributed by atoms with E-state index in [2.05, 4.69) is 34.6 Å². The highest BCUT2D eigenvalue weighted by atomic mass is 16.5. The van der Waals surface area contributed by atoms with Crippen LogP contribution >= 0.6 is 0 Å². The van der Waals surface area contributed by atoms with Crippen molar-refractivity contribution >= 4 is 5.97 Å². The number of rotatable bonds is 5. The first kappa shape index (κ1) is 12.2. The fourth-order valence-corrected chi connectivity index (χ4v) is 0.776. The third-order valence-corrected chi connectivity index (χ3v) is 2.27. The van der Waals surface area contributed by atoms with Gasteiger partial charge in [-0.1, -0.05) is 6.58 Å². The molecule has 0 aliphatic heterocycles. The Hall–Kier alpha value is -0.830. The zero-order valence-electron chi connectivity index (χ0n) is 9.04. The number of hydrogen-bond acceptors (Lipinski definition) is 2. The Morgan fingerprint density at radius 2 is 2.08 bits per heavy atom. The fourth-order valence-electron chi connectivity index (χ4n) is 0.776. The monoisotopic (exact) mass is 186 g/mol. The second-order valence-electron chi connectivity index (χ2n) is 4.13. The van der Waals surface area contributed by atoms with Crippen LogP contribution < -0.4 is 0 Å². The second kappa shape index (κ2) is 5.02. The van der Waals surface area contributed by atoms with Crippen LogP contribution in [-0.2, 0) is 9.53 Å². The molecule has 0 saturated heterocycles. The zero-order valence-corrected chi connectivity index (χ0v) is 9.04. The molecule has 0 bridgehead atoms. The summed E-state index contributed by atoms with van der Waals surface area (Å²) >= 11 is 0. The van der Waals surface area contributed by atoms with E-state index in [0.717, 1.165) is 10.9 Å². The van der Waals surface area contributed by atoms with Crippen molar-refractivity contribution in [3.05, 3.63) is 12.7 Å². The first-order chi connectivity index (χ1) is 5.88. The number of carbonyl (C=O) groups is 1. The Kier molecular flexibility index (Phi) is 4.70. The molecule has 0 spiro atoms. The van der Waals surface area contributed by atoms with Crippen molar-refractivity contribution < 1.29 is 14.0 Å². The van der Waals surface area contributed by atoms with E-state index in [1.807, 2.05) is 0 Å². The molecule has 3 heteroatoms. The summed E-state index contributed by atoms with van der Waals surface area (Å²) < 4.78 is 5.77. The average Bonchev–Trinajstić information content (AvgIpc) is 2.02. The van der Waals surface area contributed by atoms with E-state index in [1.165, 1.54) is 6.08 Å². The van der Waals surface area contributed by atoms with Crippen molar-refractivity contribution in [1.82, 2.24) is 0 Å². The van der Waals surface area contributed by atoms with Crippen molar-refractivity contribution in [2.24, 2.45) is 0 Å². The summed E-state index contributed by atoms with van der Waals surface area (Å²) in [5, 5.41) is 0. The number of nitrogens with zero attached hydrogens (tertiary/aromatic N) is 1. The maximum Gasteiger partial charge on any atom is 0.330 e. The van der Waals surface area contributed by atoms with Gasteiger partial charge in [0.25, 0.3) is 0 Å². The molecule has 0 aliphatic rings. The van der Waals surface area contributed by atoms with Gasteiger partial charge in [-0.05, 0) is 6.92 Å². The van der Waals surface area contributed by atoms with Gasteiger partial charge < -0.3 is 9.22 Å². The van der Waals surface area contributed by atoms with Gasteiger partial charge in [0.2, 0.25) is 0 Å². The quantitative estimate of drug-likeness (QED) is 0.366. The van der Waals surface area contributed by atoms with Crippen LogP contribution in [0.4, 0.5) is 0 Å². The van der Waals surface area contributed by atoms with Crippen LogP contribution in [0.2, 0.25) is 0 Å². The molecule has 3 nitrogen and oxygen atoms in total. The molecule has 0 saturated carbocycles. The van der Waals surface area contributed by atoms with Gasteiger partial charge >= 0.3 is 5.97 Å². The predicted octanol–water partition coefficient (Wildman–Crippen LogP) is 1.20. The standard InChI is InChI=1S/C10H20NO2/c1-6-10(12)13-8-7-9(2)11(3,4)5/h6,9H,1,7-8H2,2-5H3/q+1. The number of hydrogen-bond donors (Lipinski definition) is 0. The van der Waals surface area contributed by atoms with Gasteiger partial charge in [-0.2, -0.15) is 0 Å². The van der Waals surface area contributed by atoms with Gasteiger partial charge in [0.1, 0.15) is 0 Å². The molecule has 1 unspecified atom stereocenters. The van der Waals surface area contributed by atoms with Gasteiger partial charge in [0.15, 0.2) is 0 Å². The van der Waals surface area contributed by atoms with Crippen LogP contribution in [0.1, 0.15) is 13.3 Å². The molecular formula is C10H20NO2+. The van der Waals surface area contributed by atoms with Crippen molar-refractivity contribution in [1.29, 1.82) is 0 Å². The first-order valence-electron chi connectivity index (χ1n) is 4.48. The number of carbonyl (C=O) groups excluding carboxylic acids is 1. The summed E-state index contributed by atoms with van der Waals surface area (Å²) in [5.74, 6) is -0.339. The normalized spacial score (nSPS) is 13.5. The lowest BCUT2D eigenvalue weighted by Crippen LogP contribution is -2.43. The summed E-state index contributed by atoms with van der Waals surface area (Å²) in [5.41, 5.74) is 0. The van der Waals surface area contributed by atoms with E-state index in [0.29, 0.717) is 12.6 Å². The molecule has 0 N–H and O–H groups in total. The van der Waals surface area contributed by atoms with E-state index in [4.69, 9.17) is 4.74 Å². The lowest BCUT2D eigenvalue weighted by molar-refractivity contribution is -0.894. The van der Waals surface area contributed by atoms with Crippen LogP contribution in [0.3, 0.4) is 0 Å². The van der Waals surface area contributed by atoms with E-state index in [9.17, 15) is 4.79 Å². The topological polar surface area (TPSA) is 26.3 Å². The molecule has 0 aromatic rings. The Morgan fingerprint density at radius 3 is 2.46 bits per heavy atom. The van der Waals surface area contributed by atoms with Gasteiger partial charge in [0.05, 0.1) is 33.8 Å². The molecule has 13 heavy (non-hydrogen) atoms. The number of esters is 1. The Labute approximate surface area is 80.6 Å². The third kappa shape index (κ3) is 5.42. The van der Waals surface area contributed by atoms with Crippen LogP contribution in [-0.4, -0.2) is 44.2 Å². The lowest BCUT2D eigenvalue weighted by Gasteiger charge is -2.31. The summed E-state index contributed by atoms with van der Waals surface area (Å²) in [6.45, 7) is 5.94. The SMILES string of the molecule is C=CC(=O)OCCC(C)[N+](C)(C)C. The molecule has 0 aromatic carbocycles.